The lowest BCUT2D eigenvalue weighted by atomic mass is 9.91. The standard InChI is InChI=1S/C17H25ClFN/c1-3-8-20-17(14-6-4-12(2)9-14)11-13-5-7-15(18)16(19)10-13/h5,7,10,12,14,17,20H,3-4,6,8-9,11H2,1-2H3. The van der Waals surface area contributed by atoms with Crippen molar-refractivity contribution in [3.8, 4) is 0 Å². The summed E-state index contributed by atoms with van der Waals surface area (Å²) in [5.41, 5.74) is 1.04. The molecule has 0 spiro atoms. The van der Waals surface area contributed by atoms with Crippen molar-refractivity contribution in [2.75, 3.05) is 6.54 Å². The molecule has 3 atom stereocenters. The topological polar surface area (TPSA) is 12.0 Å². The molecule has 3 unspecified atom stereocenters. The Balaban J connectivity index is 2.04. The van der Waals surface area contributed by atoms with Gasteiger partial charge in [-0.15, -0.1) is 0 Å². The molecular formula is C17H25ClFN. The maximum Gasteiger partial charge on any atom is 0.142 e. The zero-order valence-electron chi connectivity index (χ0n) is 12.5. The minimum absolute atomic E-state index is 0.210. The largest absolute Gasteiger partial charge is 0.313 e. The molecule has 1 saturated carbocycles. The summed E-state index contributed by atoms with van der Waals surface area (Å²) in [6, 6.07) is 5.66. The van der Waals surface area contributed by atoms with Gasteiger partial charge in [0.05, 0.1) is 5.02 Å². The number of hydrogen-bond acceptors (Lipinski definition) is 1. The van der Waals surface area contributed by atoms with Crippen LogP contribution in [0.3, 0.4) is 0 Å². The first-order valence-corrected chi connectivity index (χ1v) is 8.15. The van der Waals surface area contributed by atoms with E-state index in [0.29, 0.717) is 6.04 Å². The van der Waals surface area contributed by atoms with Crippen molar-refractivity contribution in [1.82, 2.24) is 5.32 Å². The summed E-state index contributed by atoms with van der Waals surface area (Å²) in [5, 5.41) is 3.87. The third-order valence-corrected chi connectivity index (χ3v) is 4.71. The molecule has 3 heteroatoms. The molecule has 0 aromatic heterocycles. The summed E-state index contributed by atoms with van der Waals surface area (Å²) in [6.07, 6.45) is 5.93. The molecule has 1 aromatic rings. The van der Waals surface area contributed by atoms with Crippen LogP contribution in [0.15, 0.2) is 18.2 Å². The molecule has 1 aromatic carbocycles. The minimum atomic E-state index is -0.307. The Bertz CT molecular complexity index is 435. The van der Waals surface area contributed by atoms with Crippen molar-refractivity contribution in [1.29, 1.82) is 0 Å². The van der Waals surface area contributed by atoms with Gasteiger partial charge in [0, 0.05) is 6.04 Å². The van der Waals surface area contributed by atoms with Gasteiger partial charge in [0.15, 0.2) is 0 Å². The van der Waals surface area contributed by atoms with E-state index in [2.05, 4.69) is 19.2 Å². The van der Waals surface area contributed by atoms with Crippen molar-refractivity contribution >= 4 is 11.6 Å². The van der Waals surface area contributed by atoms with Crippen molar-refractivity contribution in [2.24, 2.45) is 11.8 Å². The van der Waals surface area contributed by atoms with Crippen LogP contribution in [0.25, 0.3) is 0 Å². The molecule has 1 fully saturated rings. The molecule has 20 heavy (non-hydrogen) atoms. The summed E-state index contributed by atoms with van der Waals surface area (Å²) in [5.74, 6) is 1.24. The predicted molar refractivity (Wildman–Crippen MR) is 83.7 cm³/mol. The van der Waals surface area contributed by atoms with E-state index in [1.807, 2.05) is 6.07 Å². The van der Waals surface area contributed by atoms with Gasteiger partial charge in [0.2, 0.25) is 0 Å². The van der Waals surface area contributed by atoms with Gasteiger partial charge in [-0.25, -0.2) is 4.39 Å². The van der Waals surface area contributed by atoms with E-state index in [1.165, 1.54) is 19.3 Å². The van der Waals surface area contributed by atoms with Gasteiger partial charge in [-0.3, -0.25) is 0 Å². The van der Waals surface area contributed by atoms with Crippen LogP contribution in [0.4, 0.5) is 4.39 Å². The second-order valence-corrected chi connectivity index (χ2v) is 6.60. The van der Waals surface area contributed by atoms with Crippen molar-refractivity contribution in [3.63, 3.8) is 0 Å². The van der Waals surface area contributed by atoms with Gasteiger partial charge >= 0.3 is 0 Å². The van der Waals surface area contributed by atoms with Gasteiger partial charge < -0.3 is 5.32 Å². The highest BCUT2D eigenvalue weighted by Gasteiger charge is 2.28. The number of benzene rings is 1. The van der Waals surface area contributed by atoms with Crippen molar-refractivity contribution in [2.45, 2.75) is 52.0 Å². The van der Waals surface area contributed by atoms with Crippen LogP contribution >= 0.6 is 11.6 Å². The molecule has 0 aliphatic heterocycles. The summed E-state index contributed by atoms with van der Waals surface area (Å²) < 4.78 is 13.6. The molecule has 0 amide bonds. The Morgan fingerprint density at radius 2 is 2.20 bits per heavy atom. The zero-order valence-corrected chi connectivity index (χ0v) is 13.2. The minimum Gasteiger partial charge on any atom is -0.313 e. The SMILES string of the molecule is CCCNC(Cc1ccc(Cl)c(F)c1)C1CCC(C)C1. The third-order valence-electron chi connectivity index (χ3n) is 4.40. The van der Waals surface area contributed by atoms with Crippen LogP contribution in [-0.4, -0.2) is 12.6 Å². The van der Waals surface area contributed by atoms with Crippen LogP contribution in [0.2, 0.25) is 5.02 Å². The first kappa shape index (κ1) is 15.8. The molecule has 112 valence electrons. The average molecular weight is 298 g/mol. The van der Waals surface area contributed by atoms with E-state index in [4.69, 9.17) is 11.6 Å². The average Bonchev–Trinajstić information content (AvgIpc) is 2.85. The Labute approximate surface area is 126 Å². The molecule has 0 radical (unpaired) electrons. The van der Waals surface area contributed by atoms with Crippen molar-refractivity contribution < 1.29 is 4.39 Å². The lowest BCUT2D eigenvalue weighted by Gasteiger charge is -2.25. The molecule has 0 bridgehead atoms. The first-order valence-electron chi connectivity index (χ1n) is 7.77. The third kappa shape index (κ3) is 4.20. The van der Waals surface area contributed by atoms with Crippen LogP contribution in [0.1, 0.15) is 45.1 Å². The van der Waals surface area contributed by atoms with E-state index in [-0.39, 0.29) is 10.8 Å². The Morgan fingerprint density at radius 1 is 1.40 bits per heavy atom. The van der Waals surface area contributed by atoms with Gasteiger partial charge in [0.25, 0.3) is 0 Å². The molecule has 1 aliphatic carbocycles. The Morgan fingerprint density at radius 3 is 2.80 bits per heavy atom. The summed E-state index contributed by atoms with van der Waals surface area (Å²) >= 11 is 5.76. The predicted octanol–water partition coefficient (Wildman–Crippen LogP) is 4.83. The smallest absolute Gasteiger partial charge is 0.142 e. The number of hydrogen-bond donors (Lipinski definition) is 1. The molecular weight excluding hydrogens is 273 g/mol. The monoisotopic (exact) mass is 297 g/mol. The fourth-order valence-corrected chi connectivity index (χ4v) is 3.39. The fourth-order valence-electron chi connectivity index (χ4n) is 3.27. The van der Waals surface area contributed by atoms with Crippen LogP contribution < -0.4 is 5.32 Å². The second kappa shape index (κ2) is 7.42. The molecule has 1 nitrogen and oxygen atoms in total. The highest BCUT2D eigenvalue weighted by molar-refractivity contribution is 6.30. The van der Waals surface area contributed by atoms with Gasteiger partial charge in [-0.05, 0) is 61.8 Å². The number of rotatable bonds is 6. The highest BCUT2D eigenvalue weighted by atomic mass is 35.5. The quantitative estimate of drug-likeness (QED) is 0.793. The Hall–Kier alpha value is -0.600. The number of halogens is 2. The molecule has 1 aliphatic rings. The fraction of sp³-hybridized carbons (Fsp3) is 0.647. The van der Waals surface area contributed by atoms with Crippen LogP contribution in [0, 0.1) is 17.7 Å². The second-order valence-electron chi connectivity index (χ2n) is 6.19. The lowest BCUT2D eigenvalue weighted by molar-refractivity contribution is 0.348. The van der Waals surface area contributed by atoms with E-state index in [9.17, 15) is 4.39 Å². The first-order chi connectivity index (χ1) is 9.60. The summed E-state index contributed by atoms with van der Waals surface area (Å²) in [4.78, 5) is 0. The van der Waals surface area contributed by atoms with Gasteiger partial charge in [-0.2, -0.15) is 0 Å². The van der Waals surface area contributed by atoms with Gasteiger partial charge in [0.1, 0.15) is 5.82 Å². The molecule has 0 heterocycles. The normalized spacial score (nSPS) is 24.0. The van der Waals surface area contributed by atoms with E-state index in [1.54, 1.807) is 12.1 Å². The number of nitrogens with one attached hydrogen (secondary N) is 1. The Kier molecular flexibility index (Phi) is 5.86. The zero-order chi connectivity index (χ0) is 14.5. The van der Waals surface area contributed by atoms with Crippen LogP contribution in [0.5, 0.6) is 0 Å². The van der Waals surface area contributed by atoms with E-state index >= 15 is 0 Å². The molecule has 2 rings (SSSR count). The van der Waals surface area contributed by atoms with Gasteiger partial charge in [-0.1, -0.05) is 37.9 Å². The maximum absolute atomic E-state index is 13.6. The van der Waals surface area contributed by atoms with Crippen molar-refractivity contribution in [3.05, 3.63) is 34.6 Å². The summed E-state index contributed by atoms with van der Waals surface area (Å²) in [7, 11) is 0. The molecule has 1 N–H and O–H groups in total. The summed E-state index contributed by atoms with van der Waals surface area (Å²) in [6.45, 7) is 5.55. The highest BCUT2D eigenvalue weighted by Crippen LogP contribution is 2.34. The molecule has 0 saturated heterocycles. The lowest BCUT2D eigenvalue weighted by Crippen LogP contribution is -2.37. The maximum atomic E-state index is 13.6. The van der Waals surface area contributed by atoms with E-state index < -0.39 is 0 Å². The van der Waals surface area contributed by atoms with E-state index in [0.717, 1.165) is 36.8 Å². The van der Waals surface area contributed by atoms with Crippen LogP contribution in [-0.2, 0) is 6.42 Å².